The number of hydrogen-bond donors (Lipinski definition) is 2. The van der Waals surface area contributed by atoms with Gasteiger partial charge in [-0.1, -0.05) is 19.9 Å². The summed E-state index contributed by atoms with van der Waals surface area (Å²) in [6.45, 7) is 6.26. The van der Waals surface area contributed by atoms with Crippen LogP contribution in [0.1, 0.15) is 43.0 Å². The van der Waals surface area contributed by atoms with Gasteiger partial charge in [-0.2, -0.15) is 5.10 Å². The van der Waals surface area contributed by atoms with E-state index in [9.17, 15) is 5.11 Å². The van der Waals surface area contributed by atoms with Crippen LogP contribution in [-0.4, -0.2) is 16.3 Å². The summed E-state index contributed by atoms with van der Waals surface area (Å²) in [5.74, 6) is 0.704. The average Bonchev–Trinajstić information content (AvgIpc) is 2.85. The molecule has 0 saturated carbocycles. The van der Waals surface area contributed by atoms with Crippen molar-refractivity contribution in [3.05, 3.63) is 40.4 Å². The second-order valence-electron chi connectivity index (χ2n) is 4.79. The maximum atomic E-state index is 9.86. The molecular formula is C15H19N3OS. The zero-order valence-corrected chi connectivity index (χ0v) is 12.7. The van der Waals surface area contributed by atoms with E-state index in [1.165, 1.54) is 16.9 Å². The van der Waals surface area contributed by atoms with Crippen LogP contribution < -0.4 is 5.43 Å². The fraction of sp³-hybridized carbons (Fsp3) is 0.333. The zero-order valence-electron chi connectivity index (χ0n) is 11.9. The number of rotatable bonds is 5. The number of aromatic hydroxyl groups is 1. The van der Waals surface area contributed by atoms with Gasteiger partial charge in [0.05, 0.1) is 11.9 Å². The molecule has 2 rings (SSSR count). The van der Waals surface area contributed by atoms with E-state index in [1.54, 1.807) is 12.3 Å². The number of phenols is 1. The first kappa shape index (κ1) is 14.5. The topological polar surface area (TPSA) is 57.5 Å². The normalized spacial score (nSPS) is 12.8. The lowest BCUT2D eigenvalue weighted by Crippen LogP contribution is -1.95. The average molecular weight is 289 g/mol. The van der Waals surface area contributed by atoms with Gasteiger partial charge >= 0.3 is 0 Å². The summed E-state index contributed by atoms with van der Waals surface area (Å²) in [5.41, 5.74) is 5.75. The highest BCUT2D eigenvalue weighted by Gasteiger charge is 2.06. The van der Waals surface area contributed by atoms with Crippen LogP contribution in [0.25, 0.3) is 0 Å². The van der Waals surface area contributed by atoms with Crippen molar-refractivity contribution in [1.82, 2.24) is 4.98 Å². The Morgan fingerprint density at radius 3 is 2.95 bits per heavy atom. The highest BCUT2D eigenvalue weighted by molar-refractivity contribution is 7.13. The van der Waals surface area contributed by atoms with Crippen LogP contribution in [0.4, 0.5) is 5.13 Å². The Morgan fingerprint density at radius 2 is 2.30 bits per heavy atom. The molecule has 5 heteroatoms. The van der Waals surface area contributed by atoms with Crippen LogP contribution in [0, 0.1) is 6.92 Å². The Morgan fingerprint density at radius 1 is 1.50 bits per heavy atom. The molecule has 1 heterocycles. The summed E-state index contributed by atoms with van der Waals surface area (Å²) in [7, 11) is 0. The third-order valence-corrected chi connectivity index (χ3v) is 4.08. The molecule has 0 amide bonds. The summed E-state index contributed by atoms with van der Waals surface area (Å²) in [6, 6.07) is 5.65. The Kier molecular flexibility index (Phi) is 4.74. The molecule has 106 valence electrons. The summed E-state index contributed by atoms with van der Waals surface area (Å²) in [5, 5.41) is 16.7. The predicted molar refractivity (Wildman–Crippen MR) is 84.9 cm³/mol. The number of nitrogens with zero attached hydrogens (tertiary/aromatic N) is 2. The number of nitrogens with one attached hydrogen (secondary N) is 1. The standard InChI is InChI=1S/C15H19N3OS/c1-4-10(2)12-5-6-14(19)13(7-12)8-16-18-15-17-11(3)9-20-15/h5-10,19H,4H2,1-3H3,(H,17,18). The van der Waals surface area contributed by atoms with E-state index in [0.29, 0.717) is 11.5 Å². The molecular weight excluding hydrogens is 270 g/mol. The second kappa shape index (κ2) is 6.52. The largest absolute Gasteiger partial charge is 0.507 e. The van der Waals surface area contributed by atoms with Crippen molar-refractivity contribution in [2.75, 3.05) is 5.43 Å². The van der Waals surface area contributed by atoms with Crippen molar-refractivity contribution in [3.8, 4) is 5.75 Å². The molecule has 0 saturated heterocycles. The van der Waals surface area contributed by atoms with Gasteiger partial charge in [0.15, 0.2) is 0 Å². The number of hydrazone groups is 1. The first-order valence-electron chi connectivity index (χ1n) is 6.64. The van der Waals surface area contributed by atoms with Gasteiger partial charge in [-0.3, -0.25) is 5.43 Å². The van der Waals surface area contributed by atoms with E-state index in [2.05, 4.69) is 29.4 Å². The van der Waals surface area contributed by atoms with E-state index in [-0.39, 0.29) is 5.75 Å². The fourth-order valence-electron chi connectivity index (χ4n) is 1.78. The molecule has 0 fully saturated rings. The number of aryl methyl sites for hydroxylation is 1. The van der Waals surface area contributed by atoms with Gasteiger partial charge in [-0.25, -0.2) is 4.98 Å². The third kappa shape index (κ3) is 3.57. The summed E-state index contributed by atoms with van der Waals surface area (Å²) >= 11 is 1.50. The molecule has 1 aromatic heterocycles. The molecule has 2 aromatic rings. The van der Waals surface area contributed by atoms with Gasteiger partial charge in [0.2, 0.25) is 5.13 Å². The minimum absolute atomic E-state index is 0.234. The molecule has 20 heavy (non-hydrogen) atoms. The van der Waals surface area contributed by atoms with Crippen molar-refractivity contribution in [2.45, 2.75) is 33.1 Å². The van der Waals surface area contributed by atoms with Crippen molar-refractivity contribution in [1.29, 1.82) is 0 Å². The summed E-state index contributed by atoms with van der Waals surface area (Å²) < 4.78 is 0. The summed E-state index contributed by atoms with van der Waals surface area (Å²) in [4.78, 5) is 4.25. The maximum Gasteiger partial charge on any atom is 0.203 e. The Balaban J connectivity index is 2.11. The quantitative estimate of drug-likeness (QED) is 0.643. The van der Waals surface area contributed by atoms with Crippen molar-refractivity contribution in [3.63, 3.8) is 0 Å². The van der Waals surface area contributed by atoms with Crippen LogP contribution in [0.15, 0.2) is 28.7 Å². The van der Waals surface area contributed by atoms with Gasteiger partial charge < -0.3 is 5.11 Å². The lowest BCUT2D eigenvalue weighted by atomic mass is 9.97. The molecule has 0 aliphatic heterocycles. The Labute approximate surface area is 123 Å². The fourth-order valence-corrected chi connectivity index (χ4v) is 2.42. The maximum absolute atomic E-state index is 9.86. The second-order valence-corrected chi connectivity index (χ2v) is 5.65. The lowest BCUT2D eigenvalue weighted by Gasteiger charge is -2.10. The number of aromatic nitrogens is 1. The van der Waals surface area contributed by atoms with Gasteiger partial charge in [0.1, 0.15) is 5.75 Å². The lowest BCUT2D eigenvalue weighted by molar-refractivity contribution is 0.474. The molecule has 0 radical (unpaired) electrons. The SMILES string of the molecule is CCC(C)c1ccc(O)c(C=NNc2nc(C)cs2)c1. The monoisotopic (exact) mass is 289 g/mol. The van der Waals surface area contributed by atoms with Crippen LogP contribution in [0.2, 0.25) is 0 Å². The van der Waals surface area contributed by atoms with Crippen LogP contribution in [-0.2, 0) is 0 Å². The van der Waals surface area contributed by atoms with E-state index in [0.717, 1.165) is 17.2 Å². The number of thiazole rings is 1. The number of benzene rings is 1. The predicted octanol–water partition coefficient (Wildman–Crippen LogP) is 4.12. The van der Waals surface area contributed by atoms with Crippen molar-refractivity contribution in [2.24, 2.45) is 5.10 Å². The molecule has 2 N–H and O–H groups in total. The van der Waals surface area contributed by atoms with Crippen LogP contribution in [0.5, 0.6) is 5.75 Å². The van der Waals surface area contributed by atoms with Gasteiger partial charge in [-0.15, -0.1) is 11.3 Å². The molecule has 1 unspecified atom stereocenters. The molecule has 0 aliphatic rings. The zero-order chi connectivity index (χ0) is 14.5. The minimum atomic E-state index is 0.234. The highest BCUT2D eigenvalue weighted by Crippen LogP contribution is 2.24. The van der Waals surface area contributed by atoms with Crippen molar-refractivity contribution < 1.29 is 5.11 Å². The van der Waals surface area contributed by atoms with Gasteiger partial charge in [0, 0.05) is 10.9 Å². The van der Waals surface area contributed by atoms with E-state index < -0.39 is 0 Å². The summed E-state index contributed by atoms with van der Waals surface area (Å²) in [6.07, 6.45) is 2.69. The van der Waals surface area contributed by atoms with Crippen LogP contribution >= 0.6 is 11.3 Å². The molecule has 0 aliphatic carbocycles. The number of anilines is 1. The third-order valence-electron chi connectivity index (χ3n) is 3.22. The van der Waals surface area contributed by atoms with E-state index in [4.69, 9.17) is 0 Å². The number of hydrogen-bond acceptors (Lipinski definition) is 5. The highest BCUT2D eigenvalue weighted by atomic mass is 32.1. The van der Waals surface area contributed by atoms with E-state index >= 15 is 0 Å². The van der Waals surface area contributed by atoms with E-state index in [1.807, 2.05) is 24.4 Å². The smallest absolute Gasteiger partial charge is 0.203 e. The first-order valence-corrected chi connectivity index (χ1v) is 7.52. The molecule has 1 aromatic carbocycles. The van der Waals surface area contributed by atoms with Gasteiger partial charge in [-0.05, 0) is 37.0 Å². The molecule has 4 nitrogen and oxygen atoms in total. The van der Waals surface area contributed by atoms with Crippen LogP contribution in [0.3, 0.4) is 0 Å². The molecule has 1 atom stereocenters. The molecule has 0 spiro atoms. The van der Waals surface area contributed by atoms with Gasteiger partial charge in [0.25, 0.3) is 0 Å². The van der Waals surface area contributed by atoms with Crippen molar-refractivity contribution >= 4 is 22.7 Å². The Bertz CT molecular complexity index is 607. The minimum Gasteiger partial charge on any atom is -0.507 e. The molecule has 0 bridgehead atoms. The number of phenolic OH excluding ortho intramolecular Hbond substituents is 1. The first-order chi connectivity index (χ1) is 9.60. The Hall–Kier alpha value is -1.88.